The van der Waals surface area contributed by atoms with Gasteiger partial charge in [-0.15, -0.1) is 0 Å². The summed E-state index contributed by atoms with van der Waals surface area (Å²) in [5.74, 6) is -0.580. The fourth-order valence-electron chi connectivity index (χ4n) is 1.77. The lowest BCUT2D eigenvalue weighted by molar-refractivity contribution is -0.115. The van der Waals surface area contributed by atoms with E-state index in [2.05, 4.69) is 15.3 Å². The van der Waals surface area contributed by atoms with E-state index in [1.54, 1.807) is 42.7 Å². The Bertz CT molecular complexity index is 744. The van der Waals surface area contributed by atoms with Crippen LogP contribution in [-0.4, -0.2) is 16.1 Å². The molecular weight excluding hydrogens is 289 g/mol. The van der Waals surface area contributed by atoms with Crippen molar-refractivity contribution in [2.24, 2.45) is 4.99 Å². The van der Waals surface area contributed by atoms with Crippen LogP contribution in [0.5, 0.6) is 0 Å². The maximum absolute atomic E-state index is 13.1. The number of carbonyl (C=O) groups is 1. The highest BCUT2D eigenvalue weighted by atomic mass is 32.2. The standard InChI is InChI=1S/C15H10FN3OS/c16-11-4-1-3-10(7-11)8-13-14(20)19-15(21-13)18-12-5-2-6-17-9-12/h1-9H,(H,18,19,20)/b13-8-. The molecule has 1 fully saturated rings. The summed E-state index contributed by atoms with van der Waals surface area (Å²) < 4.78 is 13.1. The fourth-order valence-corrected chi connectivity index (χ4v) is 2.61. The Morgan fingerprint density at radius 2 is 2.19 bits per heavy atom. The van der Waals surface area contributed by atoms with E-state index in [1.807, 2.05) is 0 Å². The van der Waals surface area contributed by atoms with Crippen molar-refractivity contribution in [3.8, 4) is 0 Å². The number of halogens is 1. The lowest BCUT2D eigenvalue weighted by Gasteiger charge is -1.95. The molecule has 6 heteroatoms. The van der Waals surface area contributed by atoms with E-state index in [9.17, 15) is 9.18 Å². The van der Waals surface area contributed by atoms with E-state index < -0.39 is 0 Å². The van der Waals surface area contributed by atoms with E-state index in [4.69, 9.17) is 0 Å². The van der Waals surface area contributed by atoms with Crippen LogP contribution in [0, 0.1) is 5.82 Å². The molecule has 2 aromatic rings. The van der Waals surface area contributed by atoms with Crippen LogP contribution in [0.15, 0.2) is 58.7 Å². The molecule has 1 amide bonds. The van der Waals surface area contributed by atoms with Crippen LogP contribution in [-0.2, 0) is 4.79 Å². The third-order valence-corrected chi connectivity index (χ3v) is 3.58. The largest absolute Gasteiger partial charge is 0.300 e. The second-order valence-corrected chi connectivity index (χ2v) is 5.28. The zero-order chi connectivity index (χ0) is 14.7. The summed E-state index contributed by atoms with van der Waals surface area (Å²) in [7, 11) is 0. The molecule has 0 spiro atoms. The first-order valence-corrected chi connectivity index (χ1v) is 6.97. The zero-order valence-electron chi connectivity index (χ0n) is 10.8. The van der Waals surface area contributed by atoms with Crippen molar-refractivity contribution in [2.45, 2.75) is 0 Å². The zero-order valence-corrected chi connectivity index (χ0v) is 11.6. The number of aromatic nitrogens is 1. The van der Waals surface area contributed by atoms with Gasteiger partial charge >= 0.3 is 0 Å². The monoisotopic (exact) mass is 299 g/mol. The Balaban J connectivity index is 1.84. The molecule has 4 nitrogen and oxygen atoms in total. The van der Waals surface area contributed by atoms with Crippen LogP contribution < -0.4 is 5.32 Å². The molecule has 21 heavy (non-hydrogen) atoms. The van der Waals surface area contributed by atoms with Gasteiger partial charge in [0.05, 0.1) is 16.8 Å². The van der Waals surface area contributed by atoms with Crippen LogP contribution in [0.1, 0.15) is 5.56 Å². The summed E-state index contributed by atoms with van der Waals surface area (Å²) in [6.45, 7) is 0. The van der Waals surface area contributed by atoms with Crippen molar-refractivity contribution in [3.63, 3.8) is 0 Å². The fraction of sp³-hybridized carbons (Fsp3) is 0. The Morgan fingerprint density at radius 3 is 2.95 bits per heavy atom. The highest BCUT2D eigenvalue weighted by molar-refractivity contribution is 8.18. The molecule has 1 aliphatic heterocycles. The van der Waals surface area contributed by atoms with Gasteiger partial charge in [0.1, 0.15) is 5.82 Å². The molecule has 1 saturated heterocycles. The van der Waals surface area contributed by atoms with E-state index in [0.29, 0.717) is 21.3 Å². The van der Waals surface area contributed by atoms with Gasteiger partial charge in [-0.3, -0.25) is 9.78 Å². The summed E-state index contributed by atoms with van der Waals surface area (Å²) in [4.78, 5) is 20.6. The Kier molecular flexibility index (Phi) is 3.79. The second-order valence-electron chi connectivity index (χ2n) is 4.25. The quantitative estimate of drug-likeness (QED) is 0.867. The van der Waals surface area contributed by atoms with Gasteiger partial charge in [0.15, 0.2) is 5.17 Å². The van der Waals surface area contributed by atoms with Gasteiger partial charge in [-0.25, -0.2) is 9.38 Å². The molecule has 1 aromatic carbocycles. The average molecular weight is 299 g/mol. The van der Waals surface area contributed by atoms with Crippen molar-refractivity contribution in [1.82, 2.24) is 10.3 Å². The number of hydrogen-bond donors (Lipinski definition) is 1. The molecule has 0 unspecified atom stereocenters. The molecular formula is C15H10FN3OS. The summed E-state index contributed by atoms with van der Waals surface area (Å²) in [5, 5.41) is 3.15. The highest BCUT2D eigenvalue weighted by Crippen LogP contribution is 2.27. The number of amidine groups is 1. The Hall–Kier alpha value is -2.47. The molecule has 0 radical (unpaired) electrons. The van der Waals surface area contributed by atoms with Gasteiger partial charge in [0.2, 0.25) is 0 Å². The SMILES string of the molecule is O=C1NC(=Nc2cccnc2)S/C1=C\c1cccc(F)c1. The molecule has 1 aromatic heterocycles. The van der Waals surface area contributed by atoms with Crippen molar-refractivity contribution in [1.29, 1.82) is 0 Å². The summed E-state index contributed by atoms with van der Waals surface area (Å²) >= 11 is 1.21. The molecule has 2 heterocycles. The number of pyridine rings is 1. The Morgan fingerprint density at radius 1 is 1.29 bits per heavy atom. The highest BCUT2D eigenvalue weighted by Gasteiger charge is 2.23. The molecule has 3 rings (SSSR count). The molecule has 0 atom stereocenters. The smallest absolute Gasteiger partial charge is 0.264 e. The molecule has 104 valence electrons. The summed E-state index contributed by atoms with van der Waals surface area (Å²) in [6.07, 6.45) is 4.89. The van der Waals surface area contributed by atoms with Crippen LogP contribution in [0.3, 0.4) is 0 Å². The molecule has 1 N–H and O–H groups in total. The first-order valence-electron chi connectivity index (χ1n) is 6.16. The minimum Gasteiger partial charge on any atom is -0.300 e. The molecule has 1 aliphatic rings. The third-order valence-electron chi connectivity index (χ3n) is 2.67. The third kappa shape index (κ3) is 3.35. The van der Waals surface area contributed by atoms with Gasteiger partial charge in [-0.1, -0.05) is 12.1 Å². The number of thioether (sulfide) groups is 1. The number of amides is 1. The maximum Gasteiger partial charge on any atom is 0.264 e. The number of nitrogens with one attached hydrogen (secondary N) is 1. The van der Waals surface area contributed by atoms with E-state index >= 15 is 0 Å². The van der Waals surface area contributed by atoms with Gasteiger partial charge in [0.25, 0.3) is 5.91 Å². The van der Waals surface area contributed by atoms with Crippen molar-refractivity contribution < 1.29 is 9.18 Å². The number of rotatable bonds is 2. The number of carbonyl (C=O) groups excluding carboxylic acids is 1. The number of aliphatic imine (C=N–C) groups is 1. The minimum atomic E-state index is -0.336. The number of hydrogen-bond acceptors (Lipinski definition) is 4. The topological polar surface area (TPSA) is 54.4 Å². The second kappa shape index (κ2) is 5.88. The number of nitrogens with zero attached hydrogens (tertiary/aromatic N) is 2. The molecule has 0 bridgehead atoms. The predicted octanol–water partition coefficient (Wildman–Crippen LogP) is 3.11. The predicted molar refractivity (Wildman–Crippen MR) is 81.4 cm³/mol. The van der Waals surface area contributed by atoms with Crippen LogP contribution >= 0.6 is 11.8 Å². The van der Waals surface area contributed by atoms with Crippen molar-refractivity contribution >= 4 is 34.6 Å². The minimum absolute atomic E-state index is 0.244. The molecule has 0 aliphatic carbocycles. The Labute approximate surface area is 124 Å². The van der Waals surface area contributed by atoms with Crippen LogP contribution in [0.25, 0.3) is 6.08 Å². The van der Waals surface area contributed by atoms with Crippen molar-refractivity contribution in [3.05, 3.63) is 65.1 Å². The van der Waals surface area contributed by atoms with Gasteiger partial charge in [-0.05, 0) is 47.7 Å². The van der Waals surface area contributed by atoms with Gasteiger partial charge in [0, 0.05) is 6.20 Å². The first-order chi connectivity index (χ1) is 10.2. The lowest BCUT2D eigenvalue weighted by atomic mass is 10.2. The van der Waals surface area contributed by atoms with E-state index in [-0.39, 0.29) is 11.7 Å². The normalized spacial score (nSPS) is 18.2. The van der Waals surface area contributed by atoms with Crippen LogP contribution in [0.4, 0.5) is 10.1 Å². The lowest BCUT2D eigenvalue weighted by Crippen LogP contribution is -2.19. The maximum atomic E-state index is 13.1. The van der Waals surface area contributed by atoms with Gasteiger partial charge < -0.3 is 5.32 Å². The molecule has 0 saturated carbocycles. The van der Waals surface area contributed by atoms with E-state index in [1.165, 1.54) is 23.9 Å². The van der Waals surface area contributed by atoms with Crippen LogP contribution in [0.2, 0.25) is 0 Å². The first kappa shape index (κ1) is 13.5. The average Bonchev–Trinajstić information content (AvgIpc) is 2.80. The van der Waals surface area contributed by atoms with Gasteiger partial charge in [-0.2, -0.15) is 0 Å². The summed E-state index contributed by atoms with van der Waals surface area (Å²) in [5.41, 5.74) is 1.29. The summed E-state index contributed by atoms with van der Waals surface area (Å²) in [6, 6.07) is 9.63. The number of benzene rings is 1. The van der Waals surface area contributed by atoms with Crippen molar-refractivity contribution in [2.75, 3.05) is 0 Å². The van der Waals surface area contributed by atoms with E-state index in [0.717, 1.165) is 0 Å².